The van der Waals surface area contributed by atoms with Gasteiger partial charge < -0.3 is 5.11 Å². The highest BCUT2D eigenvalue weighted by Gasteiger charge is 2.21. The number of aliphatic hydroxyl groups excluding tert-OH is 1. The van der Waals surface area contributed by atoms with E-state index in [2.05, 4.69) is 4.72 Å². The Morgan fingerprint density at radius 2 is 1.94 bits per heavy atom. The summed E-state index contributed by atoms with van der Waals surface area (Å²) in [5.74, 6) is 0. The molecule has 0 fully saturated rings. The van der Waals surface area contributed by atoms with E-state index in [1.54, 1.807) is 26.0 Å². The monoisotopic (exact) mass is 291 g/mol. The molecule has 1 aromatic carbocycles. The maximum Gasteiger partial charge on any atom is 0.241 e. The van der Waals surface area contributed by atoms with Gasteiger partial charge in [0.1, 0.15) is 0 Å². The van der Waals surface area contributed by atoms with E-state index in [0.29, 0.717) is 22.6 Å². The Labute approximate surface area is 113 Å². The maximum absolute atomic E-state index is 12.2. The van der Waals surface area contributed by atoms with Crippen LogP contribution >= 0.6 is 11.6 Å². The second kappa shape index (κ2) is 6.02. The average molecular weight is 292 g/mol. The minimum absolute atomic E-state index is 0.205. The van der Waals surface area contributed by atoms with Crippen molar-refractivity contribution in [3.05, 3.63) is 28.3 Å². The Hall–Kier alpha value is -0.620. The van der Waals surface area contributed by atoms with Gasteiger partial charge in [-0.3, -0.25) is 0 Å². The smallest absolute Gasteiger partial charge is 0.241 e. The Bertz CT molecular complexity index is 524. The van der Waals surface area contributed by atoms with Gasteiger partial charge in [-0.25, -0.2) is 13.1 Å². The van der Waals surface area contributed by atoms with E-state index >= 15 is 0 Å². The summed E-state index contributed by atoms with van der Waals surface area (Å²) in [6.07, 6.45) is 0.529. The van der Waals surface area contributed by atoms with Gasteiger partial charge in [-0.05, 0) is 43.5 Å². The molecule has 2 N–H and O–H groups in total. The molecule has 0 aliphatic carbocycles. The van der Waals surface area contributed by atoms with E-state index in [4.69, 9.17) is 16.7 Å². The zero-order valence-corrected chi connectivity index (χ0v) is 12.3. The Morgan fingerprint density at radius 3 is 2.44 bits per heavy atom. The van der Waals surface area contributed by atoms with Crippen LogP contribution in [0.4, 0.5) is 0 Å². The molecule has 0 saturated carbocycles. The minimum atomic E-state index is -3.62. The van der Waals surface area contributed by atoms with Gasteiger partial charge in [-0.2, -0.15) is 0 Å². The topological polar surface area (TPSA) is 66.4 Å². The molecule has 0 heterocycles. The lowest BCUT2D eigenvalue weighted by Crippen LogP contribution is -2.37. The third kappa shape index (κ3) is 3.45. The summed E-state index contributed by atoms with van der Waals surface area (Å²) < 4.78 is 26.8. The molecule has 0 aliphatic rings. The fourth-order valence-electron chi connectivity index (χ4n) is 1.58. The van der Waals surface area contributed by atoms with Crippen LogP contribution in [0.3, 0.4) is 0 Å². The number of sulfonamides is 1. The molecule has 4 nitrogen and oxygen atoms in total. The molecule has 0 aromatic heterocycles. The summed E-state index contributed by atoms with van der Waals surface area (Å²) in [4.78, 5) is 0.205. The van der Waals surface area contributed by atoms with Crippen LogP contribution in [-0.4, -0.2) is 26.2 Å². The molecule has 102 valence electrons. The maximum atomic E-state index is 12.2. The number of hydrogen-bond acceptors (Lipinski definition) is 3. The van der Waals surface area contributed by atoms with Crippen LogP contribution < -0.4 is 4.72 Å². The number of aliphatic hydroxyl groups is 1. The predicted molar refractivity (Wildman–Crippen MR) is 72.4 cm³/mol. The minimum Gasteiger partial charge on any atom is -0.395 e. The molecule has 18 heavy (non-hydrogen) atoms. The van der Waals surface area contributed by atoms with Crippen molar-refractivity contribution in [3.63, 3.8) is 0 Å². The third-order valence-corrected chi connectivity index (χ3v) is 4.85. The highest BCUT2D eigenvalue weighted by molar-refractivity contribution is 7.89. The van der Waals surface area contributed by atoms with Crippen molar-refractivity contribution < 1.29 is 13.5 Å². The van der Waals surface area contributed by atoms with Crippen molar-refractivity contribution in [1.82, 2.24) is 4.72 Å². The summed E-state index contributed by atoms with van der Waals surface area (Å²) in [5.41, 5.74) is 1.30. The SMILES string of the molecule is CC[C@@H](CO)NS(=O)(=O)c1cc(C)c(Cl)cc1C. The molecule has 1 aromatic rings. The molecule has 0 bridgehead atoms. The van der Waals surface area contributed by atoms with Crippen LogP contribution in [0.2, 0.25) is 5.02 Å². The molecule has 0 unspecified atom stereocenters. The number of nitrogens with one attached hydrogen (secondary N) is 1. The van der Waals surface area contributed by atoms with Gasteiger partial charge in [-0.1, -0.05) is 18.5 Å². The first-order valence-electron chi connectivity index (χ1n) is 5.71. The van der Waals surface area contributed by atoms with E-state index in [1.165, 1.54) is 0 Å². The lowest BCUT2D eigenvalue weighted by molar-refractivity contribution is 0.254. The van der Waals surface area contributed by atoms with Crippen LogP contribution in [0.15, 0.2) is 17.0 Å². The summed E-state index contributed by atoms with van der Waals surface area (Å²) in [7, 11) is -3.62. The summed E-state index contributed by atoms with van der Waals surface area (Å²) in [6, 6.07) is 2.71. The van der Waals surface area contributed by atoms with Crippen molar-refractivity contribution >= 4 is 21.6 Å². The number of benzene rings is 1. The molecule has 0 radical (unpaired) electrons. The van der Waals surface area contributed by atoms with Gasteiger partial charge in [-0.15, -0.1) is 0 Å². The highest BCUT2D eigenvalue weighted by Crippen LogP contribution is 2.24. The fourth-order valence-corrected chi connectivity index (χ4v) is 3.42. The van der Waals surface area contributed by atoms with Crippen molar-refractivity contribution in [3.8, 4) is 0 Å². The quantitative estimate of drug-likeness (QED) is 0.872. The predicted octanol–water partition coefficient (Wildman–Crippen LogP) is 2.01. The second-order valence-electron chi connectivity index (χ2n) is 4.28. The average Bonchev–Trinajstić information content (AvgIpc) is 2.30. The van der Waals surface area contributed by atoms with E-state index in [-0.39, 0.29) is 11.5 Å². The number of hydrogen-bond donors (Lipinski definition) is 2. The van der Waals surface area contributed by atoms with Gasteiger partial charge in [0.25, 0.3) is 0 Å². The standard InChI is InChI=1S/C12H18ClNO3S/c1-4-10(7-15)14-18(16,17)12-6-8(2)11(13)5-9(12)3/h5-6,10,14-15H,4,7H2,1-3H3/t10-/m0/s1. The van der Waals surface area contributed by atoms with Crippen LogP contribution in [-0.2, 0) is 10.0 Å². The first kappa shape index (κ1) is 15.4. The van der Waals surface area contributed by atoms with Crippen molar-refractivity contribution in [1.29, 1.82) is 0 Å². The number of rotatable bonds is 5. The molecule has 1 rings (SSSR count). The third-order valence-electron chi connectivity index (χ3n) is 2.78. The van der Waals surface area contributed by atoms with E-state index in [0.717, 1.165) is 0 Å². The van der Waals surface area contributed by atoms with E-state index in [1.807, 2.05) is 6.92 Å². The van der Waals surface area contributed by atoms with Crippen LogP contribution in [0.25, 0.3) is 0 Å². The summed E-state index contributed by atoms with van der Waals surface area (Å²) in [6.45, 7) is 5.04. The molecule has 0 aliphatic heterocycles. The van der Waals surface area contributed by atoms with Crippen LogP contribution in [0, 0.1) is 13.8 Å². The zero-order chi connectivity index (χ0) is 13.9. The molecule has 6 heteroatoms. The van der Waals surface area contributed by atoms with E-state index < -0.39 is 16.1 Å². The van der Waals surface area contributed by atoms with Gasteiger partial charge in [0, 0.05) is 11.1 Å². The normalized spacial score (nSPS) is 13.6. The second-order valence-corrected chi connectivity index (χ2v) is 6.37. The van der Waals surface area contributed by atoms with Crippen LogP contribution in [0.5, 0.6) is 0 Å². The van der Waals surface area contributed by atoms with E-state index in [9.17, 15) is 8.42 Å². The molecular formula is C12H18ClNO3S. The fraction of sp³-hybridized carbons (Fsp3) is 0.500. The van der Waals surface area contributed by atoms with Gasteiger partial charge in [0.05, 0.1) is 11.5 Å². The lowest BCUT2D eigenvalue weighted by Gasteiger charge is -2.16. The van der Waals surface area contributed by atoms with Gasteiger partial charge in [0.15, 0.2) is 0 Å². The van der Waals surface area contributed by atoms with Crippen molar-refractivity contribution in [2.45, 2.75) is 38.1 Å². The zero-order valence-electron chi connectivity index (χ0n) is 10.7. The molecular weight excluding hydrogens is 274 g/mol. The van der Waals surface area contributed by atoms with Gasteiger partial charge in [0.2, 0.25) is 10.0 Å². The summed E-state index contributed by atoms with van der Waals surface area (Å²) in [5, 5.41) is 9.60. The van der Waals surface area contributed by atoms with Crippen LogP contribution in [0.1, 0.15) is 24.5 Å². The Morgan fingerprint density at radius 1 is 1.33 bits per heavy atom. The number of aryl methyl sites for hydroxylation is 2. The first-order chi connectivity index (χ1) is 8.31. The molecule has 0 amide bonds. The highest BCUT2D eigenvalue weighted by atomic mass is 35.5. The van der Waals surface area contributed by atoms with Crippen molar-refractivity contribution in [2.24, 2.45) is 0 Å². The Kier molecular flexibility index (Phi) is 5.16. The van der Waals surface area contributed by atoms with Gasteiger partial charge >= 0.3 is 0 Å². The largest absolute Gasteiger partial charge is 0.395 e. The molecule has 0 saturated heterocycles. The molecule has 1 atom stereocenters. The van der Waals surface area contributed by atoms with Crippen molar-refractivity contribution in [2.75, 3.05) is 6.61 Å². The summed E-state index contributed by atoms with van der Waals surface area (Å²) >= 11 is 5.94. The lowest BCUT2D eigenvalue weighted by atomic mass is 10.2. The first-order valence-corrected chi connectivity index (χ1v) is 7.57. The molecule has 0 spiro atoms. The number of halogens is 1. The Balaban J connectivity index is 3.16.